The Morgan fingerprint density at radius 3 is 2.18 bits per heavy atom. The molecule has 2 atom stereocenters. The van der Waals surface area contributed by atoms with Crippen molar-refractivity contribution in [2.45, 2.75) is 32.1 Å². The molecule has 10 heteroatoms. The maximum atomic E-state index is 13.2. The van der Waals surface area contributed by atoms with E-state index in [1.54, 1.807) is 37.3 Å². The molecule has 0 aliphatic carbocycles. The summed E-state index contributed by atoms with van der Waals surface area (Å²) < 4.78 is 4.98. The van der Waals surface area contributed by atoms with Crippen LogP contribution in [-0.4, -0.2) is 40.2 Å². The maximum absolute atomic E-state index is 13.2. The summed E-state index contributed by atoms with van der Waals surface area (Å²) in [6, 6.07) is 13.6. The number of benzene rings is 2. The zero-order chi connectivity index (χ0) is 25.0. The fourth-order valence-electron chi connectivity index (χ4n) is 2.87. The lowest BCUT2D eigenvalue weighted by atomic mass is 10.1. The minimum Gasteiger partial charge on any atom is -0.449 e. The molecule has 3 rings (SSSR count). The van der Waals surface area contributed by atoms with E-state index in [-0.39, 0.29) is 17.2 Å². The molecule has 0 aromatic heterocycles. The van der Waals surface area contributed by atoms with Gasteiger partial charge in [0.25, 0.3) is 11.8 Å². The Kier molecular flexibility index (Phi) is 7.52. The third kappa shape index (κ3) is 5.70. The van der Waals surface area contributed by atoms with Gasteiger partial charge in [0.1, 0.15) is 5.70 Å². The number of amides is 3. The molecule has 1 heterocycles. The molecule has 0 fully saturated rings. The van der Waals surface area contributed by atoms with E-state index in [9.17, 15) is 19.2 Å². The number of ether oxygens (including phenoxy) is 1. The van der Waals surface area contributed by atoms with E-state index < -0.39 is 29.1 Å². The summed E-state index contributed by atoms with van der Waals surface area (Å²) in [5, 5.41) is -0.251. The molecule has 0 saturated heterocycles. The van der Waals surface area contributed by atoms with Crippen LogP contribution in [0.4, 0.5) is 5.69 Å². The molecule has 0 saturated carbocycles. The number of amidine groups is 1. The van der Waals surface area contributed by atoms with Crippen molar-refractivity contribution in [1.82, 2.24) is 0 Å². The molecule has 176 valence electrons. The number of rotatable bonds is 7. The van der Waals surface area contributed by atoms with Gasteiger partial charge in [-0.05, 0) is 56.7 Å². The average Bonchev–Trinajstić information content (AvgIpc) is 3.09. The number of carbonyl (C=O) groups excluding carboxylic acids is 4. The number of esters is 1. The van der Waals surface area contributed by atoms with Crippen LogP contribution in [0.3, 0.4) is 0 Å². The van der Waals surface area contributed by atoms with Crippen molar-refractivity contribution in [2.24, 2.45) is 16.5 Å². The molecule has 1 aliphatic heterocycles. The number of hydrogen-bond acceptors (Lipinski definition) is 7. The van der Waals surface area contributed by atoms with E-state index in [0.29, 0.717) is 16.4 Å². The summed E-state index contributed by atoms with van der Waals surface area (Å²) in [5.41, 5.74) is 13.2. The smallest absolute Gasteiger partial charge is 0.338 e. The Morgan fingerprint density at radius 2 is 1.62 bits per heavy atom. The molecule has 4 N–H and O–H groups in total. The van der Waals surface area contributed by atoms with E-state index in [0.717, 1.165) is 17.3 Å². The van der Waals surface area contributed by atoms with Gasteiger partial charge in [-0.3, -0.25) is 19.3 Å². The van der Waals surface area contributed by atoms with Gasteiger partial charge in [0.2, 0.25) is 5.91 Å². The van der Waals surface area contributed by atoms with Crippen LogP contribution in [0.25, 0.3) is 6.08 Å². The molecule has 0 bridgehead atoms. The average molecular weight is 481 g/mol. The van der Waals surface area contributed by atoms with Crippen LogP contribution in [0.15, 0.2) is 59.2 Å². The van der Waals surface area contributed by atoms with Crippen LogP contribution in [0.1, 0.15) is 35.3 Å². The monoisotopic (exact) mass is 480 g/mol. The second kappa shape index (κ2) is 10.3. The van der Waals surface area contributed by atoms with Crippen molar-refractivity contribution in [3.05, 3.63) is 70.9 Å². The van der Waals surface area contributed by atoms with Crippen LogP contribution in [0.2, 0.25) is 0 Å². The fraction of sp³-hybridized carbons (Fsp3) is 0.208. The summed E-state index contributed by atoms with van der Waals surface area (Å²) >= 11 is 1.10. The number of carbonyl (C=O) groups is 4. The molecule has 1 aliphatic rings. The Balaban J connectivity index is 1.88. The van der Waals surface area contributed by atoms with Crippen molar-refractivity contribution in [1.29, 1.82) is 0 Å². The topological polar surface area (TPSA) is 145 Å². The highest BCUT2D eigenvalue weighted by Gasteiger charge is 2.33. The SMILES string of the molecule is Cc1ccc(N2C(=O)/C(=C/c3ccc(C(=O)OC(C)C(N)=O)cc3)N=C2SC(C)C(N)=O)cc1. The van der Waals surface area contributed by atoms with Gasteiger partial charge >= 0.3 is 5.97 Å². The van der Waals surface area contributed by atoms with Gasteiger partial charge in [-0.15, -0.1) is 0 Å². The summed E-state index contributed by atoms with van der Waals surface area (Å²) in [6.45, 7) is 4.97. The van der Waals surface area contributed by atoms with Crippen LogP contribution in [0.5, 0.6) is 0 Å². The summed E-state index contributed by atoms with van der Waals surface area (Å²) in [4.78, 5) is 53.9. The molecule has 9 nitrogen and oxygen atoms in total. The molecule has 2 unspecified atom stereocenters. The maximum Gasteiger partial charge on any atom is 0.338 e. The van der Waals surface area contributed by atoms with Crippen molar-refractivity contribution in [3.8, 4) is 0 Å². The van der Waals surface area contributed by atoms with Gasteiger partial charge < -0.3 is 16.2 Å². The van der Waals surface area contributed by atoms with Gasteiger partial charge in [0.15, 0.2) is 11.3 Å². The molecule has 34 heavy (non-hydrogen) atoms. The minimum absolute atomic E-state index is 0.164. The molecule has 0 radical (unpaired) electrons. The standard InChI is InChI=1S/C24H24N4O5S/c1-13-4-10-18(11-5-13)28-22(31)19(27-24(28)34-15(3)21(26)30)12-16-6-8-17(9-7-16)23(32)33-14(2)20(25)29/h4-12,14-15H,1-3H3,(H2,25,29)(H2,26,30)/b19-12-. The number of aryl methyl sites for hydroxylation is 1. The van der Waals surface area contributed by atoms with Crippen molar-refractivity contribution >= 4 is 52.4 Å². The van der Waals surface area contributed by atoms with Crippen LogP contribution >= 0.6 is 11.8 Å². The number of thioether (sulfide) groups is 1. The van der Waals surface area contributed by atoms with E-state index in [4.69, 9.17) is 16.2 Å². The summed E-state index contributed by atoms with van der Waals surface area (Å²) in [6.07, 6.45) is 0.527. The number of primary amides is 2. The van der Waals surface area contributed by atoms with Crippen LogP contribution in [0, 0.1) is 6.92 Å². The quantitative estimate of drug-likeness (QED) is 0.460. The van der Waals surface area contributed by atoms with Crippen molar-refractivity contribution < 1.29 is 23.9 Å². The lowest BCUT2D eigenvalue weighted by Gasteiger charge is -2.19. The first-order valence-corrected chi connectivity index (χ1v) is 11.2. The number of nitrogens with zero attached hydrogens (tertiary/aromatic N) is 2. The van der Waals surface area contributed by atoms with E-state index >= 15 is 0 Å². The highest BCUT2D eigenvalue weighted by molar-refractivity contribution is 8.15. The fourth-order valence-corrected chi connectivity index (χ4v) is 3.75. The number of aliphatic imine (C=N–C) groups is 1. The first-order valence-electron chi connectivity index (χ1n) is 10.3. The third-order valence-corrected chi connectivity index (χ3v) is 6.01. The van der Waals surface area contributed by atoms with Gasteiger partial charge in [0, 0.05) is 0 Å². The Bertz CT molecular complexity index is 1190. The summed E-state index contributed by atoms with van der Waals surface area (Å²) in [7, 11) is 0. The second-order valence-electron chi connectivity index (χ2n) is 7.63. The molecular weight excluding hydrogens is 456 g/mol. The second-order valence-corrected chi connectivity index (χ2v) is 8.94. The Morgan fingerprint density at radius 1 is 1.00 bits per heavy atom. The lowest BCUT2D eigenvalue weighted by molar-refractivity contribution is -0.125. The molecular formula is C24H24N4O5S. The predicted octanol–water partition coefficient (Wildman–Crippen LogP) is 2.38. The van der Waals surface area contributed by atoms with E-state index in [1.165, 1.54) is 24.0 Å². The molecule has 3 amide bonds. The van der Waals surface area contributed by atoms with Gasteiger partial charge in [-0.2, -0.15) is 0 Å². The predicted molar refractivity (Wildman–Crippen MR) is 131 cm³/mol. The summed E-state index contributed by atoms with van der Waals surface area (Å²) in [5.74, 6) is -2.31. The highest BCUT2D eigenvalue weighted by Crippen LogP contribution is 2.31. The first kappa shape index (κ1) is 24.7. The lowest BCUT2D eigenvalue weighted by Crippen LogP contribution is -2.33. The number of hydrogen-bond donors (Lipinski definition) is 2. The normalized spacial score (nSPS) is 16.2. The van der Waals surface area contributed by atoms with Gasteiger partial charge in [-0.25, -0.2) is 9.79 Å². The van der Waals surface area contributed by atoms with Crippen molar-refractivity contribution in [3.63, 3.8) is 0 Å². The van der Waals surface area contributed by atoms with Gasteiger partial charge in [0.05, 0.1) is 16.5 Å². The molecule has 2 aromatic rings. The Labute approximate surface area is 200 Å². The largest absolute Gasteiger partial charge is 0.449 e. The zero-order valence-corrected chi connectivity index (χ0v) is 19.7. The third-order valence-electron chi connectivity index (χ3n) is 4.94. The molecule has 0 spiro atoms. The minimum atomic E-state index is -1.05. The number of nitrogens with two attached hydrogens (primary N) is 2. The Hall–Kier alpha value is -3.92. The number of anilines is 1. The van der Waals surface area contributed by atoms with Gasteiger partial charge in [-0.1, -0.05) is 41.6 Å². The first-order chi connectivity index (χ1) is 16.1. The zero-order valence-electron chi connectivity index (χ0n) is 18.8. The van der Waals surface area contributed by atoms with Crippen LogP contribution < -0.4 is 16.4 Å². The highest BCUT2D eigenvalue weighted by atomic mass is 32.2. The molecule has 2 aromatic carbocycles. The van der Waals surface area contributed by atoms with Crippen molar-refractivity contribution in [2.75, 3.05) is 4.90 Å². The van der Waals surface area contributed by atoms with E-state index in [1.807, 2.05) is 19.1 Å². The van der Waals surface area contributed by atoms with E-state index in [2.05, 4.69) is 4.99 Å². The van der Waals surface area contributed by atoms with Crippen LogP contribution in [-0.2, 0) is 19.1 Å².